The van der Waals surface area contributed by atoms with E-state index >= 15 is 0 Å². The Morgan fingerprint density at radius 2 is 1.00 bits per heavy atom. The summed E-state index contributed by atoms with van der Waals surface area (Å²) in [5.74, 6) is 1.68. The smallest absolute Gasteiger partial charge is 0.164 e. The van der Waals surface area contributed by atoms with Crippen molar-refractivity contribution < 1.29 is 8.83 Å². The van der Waals surface area contributed by atoms with Crippen molar-refractivity contribution in [3.8, 4) is 45.3 Å². The summed E-state index contributed by atoms with van der Waals surface area (Å²) < 4.78 is 12.4. The Bertz CT molecular complexity index is 2720. The Labute approximate surface area is 274 Å². The Kier molecular flexibility index (Phi) is 5.77. The summed E-state index contributed by atoms with van der Waals surface area (Å²) in [4.78, 5) is 20.1. The molecule has 224 valence electrons. The molecule has 0 spiro atoms. The van der Waals surface area contributed by atoms with E-state index in [0.717, 1.165) is 65.9 Å². The number of hydrogen-bond acceptors (Lipinski definition) is 6. The van der Waals surface area contributed by atoms with Crippen molar-refractivity contribution in [2.24, 2.45) is 0 Å². The predicted octanol–water partition coefficient (Wildman–Crippen LogP) is 10.9. The summed E-state index contributed by atoms with van der Waals surface area (Å²) in [6.45, 7) is 0. The van der Waals surface area contributed by atoms with Crippen molar-refractivity contribution in [2.75, 3.05) is 0 Å². The van der Waals surface area contributed by atoms with Crippen LogP contribution in [-0.2, 0) is 0 Å². The van der Waals surface area contributed by atoms with E-state index < -0.39 is 0 Å². The first-order valence-corrected chi connectivity index (χ1v) is 15.8. The lowest BCUT2D eigenvalue weighted by Crippen LogP contribution is -2.01. The summed E-state index contributed by atoms with van der Waals surface area (Å²) in [5, 5.41) is 5.10. The molecule has 48 heavy (non-hydrogen) atoms. The molecule has 0 N–H and O–H groups in total. The molecule has 0 fully saturated rings. The normalized spacial score (nSPS) is 11.8. The zero-order valence-electron chi connectivity index (χ0n) is 25.5. The first-order valence-electron chi connectivity index (χ1n) is 15.8. The predicted molar refractivity (Wildman–Crippen MR) is 191 cm³/mol. The first-order chi connectivity index (χ1) is 23.8. The van der Waals surface area contributed by atoms with Crippen molar-refractivity contribution in [2.45, 2.75) is 0 Å². The Balaban J connectivity index is 1.22. The number of aromatic nitrogens is 4. The molecule has 0 aliphatic carbocycles. The third-order valence-electron chi connectivity index (χ3n) is 8.98. The highest BCUT2D eigenvalue weighted by atomic mass is 16.3. The fraction of sp³-hybridized carbons (Fsp3) is 0. The summed E-state index contributed by atoms with van der Waals surface area (Å²) >= 11 is 0. The average Bonchev–Trinajstić information content (AvgIpc) is 3.73. The topological polar surface area (TPSA) is 77.8 Å². The summed E-state index contributed by atoms with van der Waals surface area (Å²) in [6, 6.07) is 47.2. The van der Waals surface area contributed by atoms with Crippen LogP contribution in [0.25, 0.3) is 100 Å². The minimum Gasteiger partial charge on any atom is -0.456 e. The molecule has 0 saturated carbocycles. The highest BCUT2D eigenvalue weighted by molar-refractivity contribution is 6.12. The molecule has 4 heterocycles. The van der Waals surface area contributed by atoms with Gasteiger partial charge in [0.2, 0.25) is 0 Å². The second kappa shape index (κ2) is 10.4. The van der Waals surface area contributed by atoms with Crippen LogP contribution in [0.3, 0.4) is 0 Å². The van der Waals surface area contributed by atoms with Crippen molar-refractivity contribution >= 4 is 54.8 Å². The SMILES string of the molecule is c1ccc(-c2ccc3cc(-c4nc(-c5cccc6oc7ccccc7c56)nc(-c5cccc6oc7cccnc7c56)n4)ccc3c2)cc1. The fourth-order valence-electron chi connectivity index (χ4n) is 6.73. The molecule has 6 aromatic carbocycles. The van der Waals surface area contributed by atoms with E-state index in [4.69, 9.17) is 23.8 Å². The molecule has 0 bridgehead atoms. The van der Waals surface area contributed by atoms with Crippen LogP contribution in [0.2, 0.25) is 0 Å². The molecule has 6 heteroatoms. The van der Waals surface area contributed by atoms with Gasteiger partial charge in [0.25, 0.3) is 0 Å². The molecular weight excluding hydrogens is 592 g/mol. The van der Waals surface area contributed by atoms with Crippen molar-refractivity contribution in [3.05, 3.63) is 146 Å². The van der Waals surface area contributed by atoms with Crippen molar-refractivity contribution in [1.82, 2.24) is 19.9 Å². The maximum absolute atomic E-state index is 6.24. The lowest BCUT2D eigenvalue weighted by molar-refractivity contribution is 0.668. The highest BCUT2D eigenvalue weighted by Crippen LogP contribution is 2.39. The minimum atomic E-state index is 0.540. The number of pyridine rings is 1. The van der Waals surface area contributed by atoms with E-state index in [1.54, 1.807) is 6.20 Å². The van der Waals surface area contributed by atoms with Gasteiger partial charge in [-0.25, -0.2) is 15.0 Å². The Morgan fingerprint density at radius 1 is 0.396 bits per heavy atom. The summed E-state index contributed by atoms with van der Waals surface area (Å²) in [6.07, 6.45) is 1.78. The van der Waals surface area contributed by atoms with Crippen molar-refractivity contribution in [1.29, 1.82) is 0 Å². The number of benzene rings is 6. The largest absolute Gasteiger partial charge is 0.456 e. The second-order valence-electron chi connectivity index (χ2n) is 11.9. The van der Waals surface area contributed by atoms with E-state index in [1.807, 2.05) is 72.8 Å². The highest BCUT2D eigenvalue weighted by Gasteiger charge is 2.20. The molecular formula is C42H24N4O2. The molecule has 0 amide bonds. The summed E-state index contributed by atoms with van der Waals surface area (Å²) in [5.41, 5.74) is 8.78. The maximum atomic E-state index is 6.24. The van der Waals surface area contributed by atoms with Gasteiger partial charge >= 0.3 is 0 Å². The Hall–Kier alpha value is -6.66. The fourth-order valence-corrected chi connectivity index (χ4v) is 6.73. The summed E-state index contributed by atoms with van der Waals surface area (Å²) in [7, 11) is 0. The van der Waals surface area contributed by atoms with E-state index in [-0.39, 0.29) is 0 Å². The van der Waals surface area contributed by atoms with Crippen LogP contribution in [0.15, 0.2) is 155 Å². The van der Waals surface area contributed by atoms with Gasteiger partial charge in [-0.3, -0.25) is 4.98 Å². The molecule has 4 aromatic heterocycles. The van der Waals surface area contributed by atoms with E-state index in [2.05, 4.69) is 71.7 Å². The van der Waals surface area contributed by atoms with Crippen LogP contribution in [0.5, 0.6) is 0 Å². The van der Waals surface area contributed by atoms with Crippen LogP contribution in [0.1, 0.15) is 0 Å². The third-order valence-corrected chi connectivity index (χ3v) is 8.98. The number of furan rings is 2. The lowest BCUT2D eigenvalue weighted by Gasteiger charge is -2.11. The molecule has 0 aliphatic rings. The van der Waals surface area contributed by atoms with Gasteiger partial charge in [-0.05, 0) is 64.4 Å². The van der Waals surface area contributed by atoms with E-state index in [9.17, 15) is 0 Å². The van der Waals surface area contributed by atoms with Gasteiger partial charge in [0, 0.05) is 33.7 Å². The molecule has 10 rings (SSSR count). The van der Waals surface area contributed by atoms with Crippen LogP contribution in [0.4, 0.5) is 0 Å². The zero-order valence-corrected chi connectivity index (χ0v) is 25.5. The van der Waals surface area contributed by atoms with Gasteiger partial charge < -0.3 is 8.83 Å². The molecule has 0 aliphatic heterocycles. The molecule has 10 aromatic rings. The van der Waals surface area contributed by atoms with Crippen LogP contribution < -0.4 is 0 Å². The van der Waals surface area contributed by atoms with Gasteiger partial charge in [-0.15, -0.1) is 0 Å². The number of nitrogens with zero attached hydrogens (tertiary/aromatic N) is 4. The maximum Gasteiger partial charge on any atom is 0.164 e. The van der Waals surface area contributed by atoms with Crippen LogP contribution in [0, 0.1) is 0 Å². The van der Waals surface area contributed by atoms with Gasteiger partial charge in [0.05, 0.1) is 5.39 Å². The number of para-hydroxylation sites is 1. The zero-order chi connectivity index (χ0) is 31.6. The minimum absolute atomic E-state index is 0.540. The van der Waals surface area contributed by atoms with Crippen molar-refractivity contribution in [3.63, 3.8) is 0 Å². The van der Waals surface area contributed by atoms with E-state index in [1.165, 1.54) is 11.1 Å². The molecule has 0 atom stereocenters. The lowest BCUT2D eigenvalue weighted by atomic mass is 10.00. The monoisotopic (exact) mass is 616 g/mol. The number of hydrogen-bond donors (Lipinski definition) is 0. The van der Waals surface area contributed by atoms with Gasteiger partial charge in [-0.1, -0.05) is 97.1 Å². The van der Waals surface area contributed by atoms with Crippen LogP contribution >= 0.6 is 0 Å². The third kappa shape index (κ3) is 4.20. The number of rotatable bonds is 4. The molecule has 0 saturated heterocycles. The number of fused-ring (bicyclic) bond motifs is 7. The average molecular weight is 617 g/mol. The Morgan fingerprint density at radius 3 is 1.81 bits per heavy atom. The van der Waals surface area contributed by atoms with Gasteiger partial charge in [0.1, 0.15) is 22.3 Å². The second-order valence-corrected chi connectivity index (χ2v) is 11.9. The molecule has 6 nitrogen and oxygen atoms in total. The first kappa shape index (κ1) is 26.5. The standard InChI is InChI=1S/C42H24N4O2/c1-2-9-25(10-3-1)26-18-19-28-24-29(21-20-27(28)23-26)40-44-41(31-12-6-15-34-37(31)30-11-4-5-14-33(30)47-34)46-42(45-40)32-13-7-16-35-38(32)39-36(48-35)17-8-22-43-39/h1-24H. The van der Waals surface area contributed by atoms with Gasteiger partial charge in [-0.2, -0.15) is 0 Å². The van der Waals surface area contributed by atoms with Crippen LogP contribution in [-0.4, -0.2) is 19.9 Å². The van der Waals surface area contributed by atoms with Gasteiger partial charge in [0.15, 0.2) is 23.1 Å². The molecule has 0 radical (unpaired) electrons. The molecule has 0 unspecified atom stereocenters. The van der Waals surface area contributed by atoms with E-state index in [0.29, 0.717) is 23.1 Å². The quantitative estimate of drug-likeness (QED) is 0.196.